The molecule has 1 aromatic carbocycles. The van der Waals surface area contributed by atoms with Crippen LogP contribution in [0.1, 0.15) is 24.2 Å². The number of carbonyl (C=O) groups is 1. The summed E-state index contributed by atoms with van der Waals surface area (Å²) in [5, 5.41) is 7.41. The lowest BCUT2D eigenvalue weighted by atomic mass is 9.97. The number of nitrogens with zero attached hydrogens (tertiary/aromatic N) is 2. The molecule has 8 nitrogen and oxygen atoms in total. The molecule has 2 atom stereocenters. The molecule has 3 N–H and O–H groups in total. The maximum absolute atomic E-state index is 12.7. The quantitative estimate of drug-likeness (QED) is 0.666. The van der Waals surface area contributed by atoms with E-state index in [0.717, 1.165) is 4.68 Å². The number of hydrogen-bond donors (Lipinski definition) is 3. The van der Waals surface area contributed by atoms with Crippen LogP contribution in [0, 0.1) is 5.92 Å². The normalized spacial score (nSPS) is 21.9. The molecular weight excluding hydrogens is 370 g/mol. The van der Waals surface area contributed by atoms with Crippen molar-refractivity contribution in [2.24, 2.45) is 5.92 Å². The van der Waals surface area contributed by atoms with Gasteiger partial charge in [-0.25, -0.2) is 4.79 Å². The molecule has 1 aromatic heterocycles. The molecule has 2 aromatic rings. The molecule has 0 radical (unpaired) electrons. The molecule has 2 heterocycles. The van der Waals surface area contributed by atoms with Crippen LogP contribution in [0.2, 0.25) is 5.02 Å². The molecular formula is C18H22ClN5O3. The van der Waals surface area contributed by atoms with Crippen LogP contribution >= 0.6 is 11.6 Å². The van der Waals surface area contributed by atoms with Crippen LogP contribution in [-0.2, 0) is 4.74 Å². The number of nitrogens with one attached hydrogen (secondary N) is 3. The summed E-state index contributed by atoms with van der Waals surface area (Å²) < 4.78 is 5.87. The summed E-state index contributed by atoms with van der Waals surface area (Å²) in [6, 6.07) is 7.14. The van der Waals surface area contributed by atoms with Crippen molar-refractivity contribution in [1.29, 1.82) is 0 Å². The summed E-state index contributed by atoms with van der Waals surface area (Å²) in [7, 11) is 1.28. The zero-order valence-electron chi connectivity index (χ0n) is 15.3. The number of aromatic nitrogens is 2. The topological polar surface area (TPSA) is 97.3 Å². The Labute approximate surface area is 161 Å². The van der Waals surface area contributed by atoms with Gasteiger partial charge in [0.25, 0.3) is 5.56 Å². The smallest absolute Gasteiger partial charge is 0.340 e. The Bertz CT molecular complexity index is 891. The van der Waals surface area contributed by atoms with Crippen LogP contribution in [-0.4, -0.2) is 41.5 Å². The van der Waals surface area contributed by atoms with Gasteiger partial charge in [0.2, 0.25) is 0 Å². The zero-order chi connectivity index (χ0) is 19.6. The lowest BCUT2D eigenvalue weighted by Crippen LogP contribution is -2.31. The minimum atomic E-state index is -0.554. The number of rotatable bonds is 5. The van der Waals surface area contributed by atoms with Crippen LogP contribution < -0.4 is 21.7 Å². The number of anilines is 1. The molecule has 144 valence electrons. The largest absolute Gasteiger partial charge is 0.465 e. The molecule has 0 amide bonds. The average molecular weight is 392 g/mol. The second-order valence-corrected chi connectivity index (χ2v) is 6.89. The Morgan fingerprint density at radius 2 is 1.96 bits per heavy atom. The number of esters is 1. The van der Waals surface area contributed by atoms with Crippen LogP contribution in [0.4, 0.5) is 5.69 Å². The van der Waals surface area contributed by atoms with Crippen molar-refractivity contribution in [3.8, 4) is 5.69 Å². The fraction of sp³-hybridized carbons (Fsp3) is 0.389. The minimum absolute atomic E-state index is 0.0175. The van der Waals surface area contributed by atoms with Gasteiger partial charge in [0.05, 0.1) is 30.2 Å². The third-order valence-electron chi connectivity index (χ3n) is 4.81. The molecule has 1 fully saturated rings. The molecule has 2 unspecified atom stereocenters. The predicted octanol–water partition coefficient (Wildman–Crippen LogP) is 1.59. The Morgan fingerprint density at radius 1 is 1.30 bits per heavy atom. The van der Waals surface area contributed by atoms with Gasteiger partial charge in [-0.15, -0.1) is 0 Å². The van der Waals surface area contributed by atoms with E-state index in [2.05, 4.69) is 35.1 Å². The monoisotopic (exact) mass is 391 g/mol. The predicted molar refractivity (Wildman–Crippen MR) is 103 cm³/mol. The van der Waals surface area contributed by atoms with E-state index in [-0.39, 0.29) is 22.7 Å². The minimum Gasteiger partial charge on any atom is -0.465 e. The summed E-state index contributed by atoms with van der Waals surface area (Å²) in [5.74, 6) is -0.231. The zero-order valence-corrected chi connectivity index (χ0v) is 16.1. The molecule has 3 rings (SSSR count). The van der Waals surface area contributed by atoms with Crippen molar-refractivity contribution in [2.75, 3.05) is 19.0 Å². The highest BCUT2D eigenvalue weighted by Gasteiger charge is 2.29. The molecule has 1 saturated heterocycles. The standard InChI is InChI=1S/C18H22ClN5O3/c1-10-13(11(2)23-22-10)8-20-14-9-21-24(17(25)16(14)19)15-7-5-4-6-12(15)18(26)27-3/h4-7,9-11,13,20,22-23H,8H2,1-3H3. The maximum Gasteiger partial charge on any atom is 0.340 e. The van der Waals surface area contributed by atoms with Gasteiger partial charge >= 0.3 is 5.97 Å². The Morgan fingerprint density at radius 3 is 2.63 bits per heavy atom. The first-order chi connectivity index (χ1) is 12.9. The van der Waals surface area contributed by atoms with Crippen molar-refractivity contribution in [2.45, 2.75) is 25.9 Å². The molecule has 27 heavy (non-hydrogen) atoms. The van der Waals surface area contributed by atoms with E-state index in [1.165, 1.54) is 13.3 Å². The van der Waals surface area contributed by atoms with E-state index in [0.29, 0.717) is 23.8 Å². The van der Waals surface area contributed by atoms with E-state index in [1.807, 2.05) is 0 Å². The average Bonchev–Trinajstić information content (AvgIpc) is 3.00. The van der Waals surface area contributed by atoms with E-state index in [1.54, 1.807) is 24.3 Å². The first kappa shape index (κ1) is 19.3. The summed E-state index contributed by atoms with van der Waals surface area (Å²) in [6.07, 6.45) is 1.49. The van der Waals surface area contributed by atoms with Crippen LogP contribution in [0.3, 0.4) is 0 Å². The first-order valence-corrected chi connectivity index (χ1v) is 9.02. The lowest BCUT2D eigenvalue weighted by Gasteiger charge is -2.19. The third-order valence-corrected chi connectivity index (χ3v) is 5.17. The summed E-state index contributed by atoms with van der Waals surface area (Å²) in [6.45, 7) is 4.81. The van der Waals surface area contributed by atoms with Gasteiger partial charge in [-0.1, -0.05) is 23.7 Å². The van der Waals surface area contributed by atoms with E-state index in [9.17, 15) is 9.59 Å². The first-order valence-electron chi connectivity index (χ1n) is 8.64. The number of ether oxygens (including phenoxy) is 1. The number of benzene rings is 1. The fourth-order valence-electron chi connectivity index (χ4n) is 3.16. The molecule has 0 spiro atoms. The van der Waals surface area contributed by atoms with Crippen molar-refractivity contribution >= 4 is 23.3 Å². The Balaban J connectivity index is 1.88. The van der Waals surface area contributed by atoms with Crippen LogP contribution in [0.25, 0.3) is 5.69 Å². The second-order valence-electron chi connectivity index (χ2n) is 6.51. The highest BCUT2D eigenvalue weighted by Crippen LogP contribution is 2.21. The molecule has 0 saturated carbocycles. The molecule has 1 aliphatic heterocycles. The Hall–Kier alpha value is -2.42. The maximum atomic E-state index is 12.7. The van der Waals surface area contributed by atoms with Crippen molar-refractivity contribution in [3.05, 3.63) is 51.4 Å². The van der Waals surface area contributed by atoms with Gasteiger partial charge in [0.15, 0.2) is 0 Å². The fourth-order valence-corrected chi connectivity index (χ4v) is 3.36. The van der Waals surface area contributed by atoms with Crippen LogP contribution in [0.15, 0.2) is 35.3 Å². The van der Waals surface area contributed by atoms with Crippen molar-refractivity contribution < 1.29 is 9.53 Å². The SMILES string of the molecule is COC(=O)c1ccccc1-n1ncc(NCC2C(C)NNC2C)c(Cl)c1=O. The molecule has 0 bridgehead atoms. The van der Waals surface area contributed by atoms with E-state index in [4.69, 9.17) is 16.3 Å². The van der Waals surface area contributed by atoms with Crippen LogP contribution in [0.5, 0.6) is 0 Å². The van der Waals surface area contributed by atoms with Gasteiger partial charge in [-0.3, -0.25) is 15.6 Å². The number of halogens is 1. The number of carbonyl (C=O) groups excluding carboxylic acids is 1. The third kappa shape index (κ3) is 3.83. The number of hydrogen-bond acceptors (Lipinski definition) is 7. The summed E-state index contributed by atoms with van der Waals surface area (Å²) >= 11 is 6.29. The lowest BCUT2D eigenvalue weighted by molar-refractivity contribution is 0.0600. The van der Waals surface area contributed by atoms with E-state index < -0.39 is 11.5 Å². The van der Waals surface area contributed by atoms with Gasteiger partial charge in [0.1, 0.15) is 5.02 Å². The van der Waals surface area contributed by atoms with Gasteiger partial charge in [0, 0.05) is 24.5 Å². The Kier molecular flexibility index (Phi) is 5.79. The summed E-state index contributed by atoms with van der Waals surface area (Å²) in [5.41, 5.74) is 6.87. The highest BCUT2D eigenvalue weighted by atomic mass is 35.5. The summed E-state index contributed by atoms with van der Waals surface area (Å²) in [4.78, 5) is 24.7. The van der Waals surface area contributed by atoms with Gasteiger partial charge < -0.3 is 10.1 Å². The number of para-hydroxylation sites is 1. The highest BCUT2D eigenvalue weighted by molar-refractivity contribution is 6.33. The molecule has 0 aliphatic carbocycles. The van der Waals surface area contributed by atoms with E-state index >= 15 is 0 Å². The van der Waals surface area contributed by atoms with Gasteiger partial charge in [-0.2, -0.15) is 9.78 Å². The number of methoxy groups -OCH3 is 1. The molecule has 1 aliphatic rings. The van der Waals surface area contributed by atoms with Crippen molar-refractivity contribution in [3.63, 3.8) is 0 Å². The second kappa shape index (κ2) is 8.08. The number of hydrazine groups is 1. The molecule has 9 heteroatoms. The van der Waals surface area contributed by atoms with Gasteiger partial charge in [-0.05, 0) is 26.0 Å². The van der Waals surface area contributed by atoms with Crippen molar-refractivity contribution in [1.82, 2.24) is 20.6 Å².